The fourth-order valence-electron chi connectivity index (χ4n) is 10.2. The van der Waals surface area contributed by atoms with Crippen molar-refractivity contribution < 1.29 is 38.2 Å². The summed E-state index contributed by atoms with van der Waals surface area (Å²) in [4.78, 5) is 85.1. The van der Waals surface area contributed by atoms with Gasteiger partial charge in [-0.3, -0.25) is 28.8 Å². The maximum Gasteiger partial charge on any atom is 0.306 e. The van der Waals surface area contributed by atoms with E-state index in [4.69, 9.17) is 9.47 Å². The van der Waals surface area contributed by atoms with E-state index < -0.39 is 35.9 Å². The second-order valence-corrected chi connectivity index (χ2v) is 20.2. The molecule has 3 aromatic rings. The Kier molecular flexibility index (Phi) is 16.1. The third-order valence-electron chi connectivity index (χ3n) is 14.2. The molecule has 3 heterocycles. The minimum atomic E-state index is -0.531. The Morgan fingerprint density at radius 2 is 0.954 bits per heavy atom. The van der Waals surface area contributed by atoms with E-state index in [1.807, 2.05) is 52.0 Å². The first kappa shape index (κ1) is 49.1. The van der Waals surface area contributed by atoms with E-state index in [0.717, 1.165) is 53.6 Å². The number of amides is 2. The van der Waals surface area contributed by atoms with Crippen LogP contribution >= 0.6 is 0 Å². The van der Waals surface area contributed by atoms with Crippen molar-refractivity contribution in [2.75, 3.05) is 32.2 Å². The van der Waals surface area contributed by atoms with E-state index in [2.05, 4.69) is 74.2 Å². The van der Waals surface area contributed by atoms with Crippen LogP contribution in [0, 0.1) is 23.7 Å². The maximum absolute atomic E-state index is 13.8. The lowest BCUT2D eigenvalue weighted by Gasteiger charge is -2.34. The molecular weight excluding hydrogens is 819 g/mol. The van der Waals surface area contributed by atoms with E-state index in [0.29, 0.717) is 25.9 Å². The molecule has 2 amide bonds. The predicted molar refractivity (Wildman–Crippen MR) is 252 cm³/mol. The highest BCUT2D eigenvalue weighted by atomic mass is 16.5. The van der Waals surface area contributed by atoms with Crippen molar-refractivity contribution in [2.24, 2.45) is 23.7 Å². The number of hydrogen-bond donors (Lipinski definition) is 0. The number of hydrogen-bond acceptors (Lipinski definition) is 9. The monoisotopic (exact) mass is 890 g/mol. The Balaban J connectivity index is 1.17. The Labute approximate surface area is 386 Å². The highest BCUT2D eigenvalue weighted by Crippen LogP contribution is 2.47. The number of ketones is 2. The SMILES string of the molecule is COC(=O)C[C@H](C(=O)N1CCC[C@H]1C(=O)Cc1ccc([C@@H]2CC[C@@H](c3ccc(CC(=O)[C@@H]4CCCN4C(=O)[C@@H](CC(=O)OC)C(C)C)cc3)N2c2ccc(C(C)(C)C)cc2)cc1)C(C)C. The molecule has 3 aromatic carbocycles. The minimum Gasteiger partial charge on any atom is -0.469 e. The van der Waals surface area contributed by atoms with Crippen LogP contribution in [-0.4, -0.2) is 84.5 Å². The number of carbonyl (C=O) groups excluding carboxylic acids is 6. The number of anilines is 1. The van der Waals surface area contributed by atoms with E-state index in [1.165, 1.54) is 19.8 Å². The zero-order valence-electron chi connectivity index (χ0n) is 40.1. The van der Waals surface area contributed by atoms with Gasteiger partial charge in [0.05, 0.1) is 63.1 Å². The molecule has 3 saturated heterocycles. The van der Waals surface area contributed by atoms with E-state index in [1.54, 1.807) is 9.80 Å². The summed E-state index contributed by atoms with van der Waals surface area (Å²) in [6.07, 6.45) is 5.04. The largest absolute Gasteiger partial charge is 0.469 e. The Hall–Kier alpha value is -5.32. The summed E-state index contributed by atoms with van der Waals surface area (Å²) in [7, 11) is 2.65. The Morgan fingerprint density at radius 3 is 1.29 bits per heavy atom. The van der Waals surface area contributed by atoms with Gasteiger partial charge in [0.1, 0.15) is 0 Å². The number of carbonyl (C=O) groups is 6. The fraction of sp³-hybridized carbons (Fsp3) is 0.556. The third kappa shape index (κ3) is 11.6. The van der Waals surface area contributed by atoms with Gasteiger partial charge >= 0.3 is 11.9 Å². The van der Waals surface area contributed by atoms with Gasteiger partial charge in [0.2, 0.25) is 11.8 Å². The molecule has 0 radical (unpaired) electrons. The standard InChI is InChI=1S/C54H71N3O8/c1-34(2)42(32-50(60)64-8)52(62)55-28-10-12-46(55)48(58)30-36-14-18-38(19-15-36)44-26-27-45(57(44)41-24-22-40(23-25-41)54(5,6)7)39-20-16-37(17-21-39)31-49(59)47-13-11-29-56(47)53(63)43(35(3)4)33-51(61)65-9/h14-25,34-35,42-47H,10-13,26-33H2,1-9H3/t42-,43-,44-,45-,46-,47-/m0/s1. The molecular formula is C54H71N3O8. The second kappa shape index (κ2) is 21.3. The van der Waals surface area contributed by atoms with E-state index in [9.17, 15) is 28.8 Å². The zero-order valence-corrected chi connectivity index (χ0v) is 40.1. The van der Waals surface area contributed by atoms with Gasteiger partial charge in [-0.15, -0.1) is 0 Å². The summed E-state index contributed by atoms with van der Waals surface area (Å²) in [6, 6.07) is 24.8. The normalized spacial score (nSPS) is 20.9. The summed E-state index contributed by atoms with van der Waals surface area (Å²) in [6.45, 7) is 15.4. The molecule has 6 rings (SSSR count). The highest BCUT2D eigenvalue weighted by Gasteiger charge is 2.41. The first-order valence-corrected chi connectivity index (χ1v) is 23.8. The molecule has 0 aliphatic carbocycles. The molecule has 350 valence electrons. The smallest absolute Gasteiger partial charge is 0.306 e. The molecule has 0 N–H and O–H groups in total. The summed E-state index contributed by atoms with van der Waals surface area (Å²) >= 11 is 0. The average molecular weight is 890 g/mol. The minimum absolute atomic E-state index is 0.00315. The Bertz CT molecular complexity index is 2030. The van der Waals surface area contributed by atoms with Gasteiger partial charge in [-0.2, -0.15) is 0 Å². The molecule has 3 fully saturated rings. The van der Waals surface area contributed by atoms with Crippen molar-refractivity contribution in [3.8, 4) is 0 Å². The average Bonchev–Trinajstić information content (AvgIpc) is 4.08. The fourth-order valence-corrected chi connectivity index (χ4v) is 10.2. The molecule has 0 unspecified atom stereocenters. The van der Waals surface area contributed by atoms with Crippen LogP contribution in [0.15, 0.2) is 72.8 Å². The van der Waals surface area contributed by atoms with Crippen molar-refractivity contribution in [2.45, 2.75) is 142 Å². The van der Waals surface area contributed by atoms with Gasteiger partial charge in [-0.05, 0) is 95.7 Å². The van der Waals surface area contributed by atoms with Crippen LogP contribution in [0.5, 0.6) is 0 Å². The number of Topliss-reactive ketones (excluding diaryl/α,β-unsaturated/α-hetero) is 2. The Morgan fingerprint density at radius 1 is 0.569 bits per heavy atom. The summed E-state index contributed by atoms with van der Waals surface area (Å²) in [5.41, 5.74) is 6.51. The van der Waals surface area contributed by atoms with Gasteiger partial charge in [-0.1, -0.05) is 109 Å². The summed E-state index contributed by atoms with van der Waals surface area (Å²) < 4.78 is 9.74. The van der Waals surface area contributed by atoms with Gasteiger partial charge in [0.15, 0.2) is 11.6 Å². The summed E-state index contributed by atoms with van der Waals surface area (Å²) in [5, 5.41) is 0. The number of methoxy groups -OCH3 is 2. The van der Waals surface area contributed by atoms with Crippen LogP contribution < -0.4 is 4.90 Å². The molecule has 65 heavy (non-hydrogen) atoms. The number of rotatable bonds is 17. The van der Waals surface area contributed by atoms with Crippen LogP contribution in [0.2, 0.25) is 0 Å². The third-order valence-corrected chi connectivity index (χ3v) is 14.2. The lowest BCUT2D eigenvalue weighted by atomic mass is 9.87. The topological polar surface area (TPSA) is 131 Å². The number of benzene rings is 3. The first-order chi connectivity index (χ1) is 30.9. The molecule has 0 aromatic heterocycles. The molecule has 3 aliphatic rings. The lowest BCUT2D eigenvalue weighted by Crippen LogP contribution is -2.45. The van der Waals surface area contributed by atoms with E-state index >= 15 is 0 Å². The van der Waals surface area contributed by atoms with Gasteiger partial charge in [0.25, 0.3) is 0 Å². The zero-order chi connectivity index (χ0) is 47.2. The number of ether oxygens (including phenoxy) is 2. The van der Waals surface area contributed by atoms with Crippen LogP contribution in [-0.2, 0) is 56.5 Å². The number of likely N-dealkylation sites (tertiary alicyclic amines) is 2. The number of nitrogens with zero attached hydrogens (tertiary/aromatic N) is 3. The lowest BCUT2D eigenvalue weighted by molar-refractivity contribution is -0.149. The van der Waals surface area contributed by atoms with Gasteiger partial charge < -0.3 is 24.2 Å². The first-order valence-electron chi connectivity index (χ1n) is 23.8. The number of esters is 2. The van der Waals surface area contributed by atoms with Crippen molar-refractivity contribution in [1.29, 1.82) is 0 Å². The molecule has 11 heteroatoms. The van der Waals surface area contributed by atoms with Crippen LogP contribution in [0.4, 0.5) is 5.69 Å². The van der Waals surface area contributed by atoms with Crippen molar-refractivity contribution >= 4 is 41.0 Å². The molecule has 0 saturated carbocycles. The molecule has 0 spiro atoms. The molecule has 0 bridgehead atoms. The predicted octanol–water partition coefficient (Wildman–Crippen LogP) is 8.94. The van der Waals surface area contributed by atoms with E-state index in [-0.39, 0.29) is 78.4 Å². The van der Waals surface area contributed by atoms with Crippen molar-refractivity contribution in [3.63, 3.8) is 0 Å². The van der Waals surface area contributed by atoms with Crippen LogP contribution in [0.25, 0.3) is 0 Å². The maximum atomic E-state index is 13.8. The van der Waals surface area contributed by atoms with Crippen LogP contribution in [0.3, 0.4) is 0 Å². The quantitative estimate of drug-likeness (QED) is 0.122. The van der Waals surface area contributed by atoms with Gasteiger partial charge in [0, 0.05) is 31.6 Å². The second-order valence-electron chi connectivity index (χ2n) is 20.2. The molecule has 3 aliphatic heterocycles. The highest BCUT2D eigenvalue weighted by molar-refractivity contribution is 5.93. The molecule has 11 nitrogen and oxygen atoms in total. The van der Waals surface area contributed by atoms with Gasteiger partial charge in [-0.25, -0.2) is 0 Å². The van der Waals surface area contributed by atoms with Crippen molar-refractivity contribution in [3.05, 3.63) is 101 Å². The van der Waals surface area contributed by atoms with Crippen molar-refractivity contribution in [1.82, 2.24) is 9.80 Å². The summed E-state index contributed by atoms with van der Waals surface area (Å²) in [5.74, 6) is -2.31. The molecule has 6 atom stereocenters. The van der Waals surface area contributed by atoms with Crippen LogP contribution in [0.1, 0.15) is 140 Å².